The lowest BCUT2D eigenvalue weighted by Crippen LogP contribution is -2.28. The molecule has 0 spiro atoms. The molecule has 0 bridgehead atoms. The average Bonchev–Trinajstić information content (AvgIpc) is 3.21. The molecular weight excluding hydrogens is 304 g/mol. The van der Waals surface area contributed by atoms with Crippen LogP contribution in [0.1, 0.15) is 30.3 Å². The van der Waals surface area contributed by atoms with E-state index >= 15 is 0 Å². The number of rotatable bonds is 3. The fourth-order valence-electron chi connectivity index (χ4n) is 3.06. The van der Waals surface area contributed by atoms with Crippen molar-refractivity contribution in [2.75, 3.05) is 16.8 Å². The lowest BCUT2D eigenvalue weighted by Gasteiger charge is -2.22. The smallest absolute Gasteiger partial charge is 0.277 e. The average molecular weight is 322 g/mol. The topological polar surface area (TPSA) is 75.4 Å². The molecule has 1 amide bonds. The highest BCUT2D eigenvalue weighted by atomic mass is 16.2. The molecule has 0 aromatic carbocycles. The molecule has 4 heterocycles. The second kappa shape index (κ2) is 5.92. The molecule has 0 saturated carbocycles. The highest BCUT2D eigenvalue weighted by molar-refractivity contribution is 6.02. The zero-order chi connectivity index (χ0) is 16.5. The van der Waals surface area contributed by atoms with Gasteiger partial charge in [0.15, 0.2) is 11.3 Å². The molecule has 0 radical (unpaired) electrons. The predicted octanol–water partition coefficient (Wildman–Crippen LogP) is 2.37. The fraction of sp³-hybridized carbons (Fsp3) is 0.294. The normalized spacial score (nSPS) is 17.4. The van der Waals surface area contributed by atoms with Crippen LogP contribution in [-0.2, 0) is 0 Å². The lowest BCUT2D eigenvalue weighted by atomic mass is 10.2. The standard InChI is InChI=1S/C17H18N6O/c1-12-5-4-10-22(12)16-8-7-15-19-11-13(23(15)21-16)17(24)20-14-6-2-3-9-18-14/h2-3,6-9,11-12H,4-5,10H2,1H3,(H,18,20,24). The second-order valence-corrected chi connectivity index (χ2v) is 5.96. The third-order valence-electron chi connectivity index (χ3n) is 4.33. The van der Waals surface area contributed by atoms with Crippen molar-refractivity contribution in [3.8, 4) is 0 Å². The van der Waals surface area contributed by atoms with E-state index in [0.717, 1.165) is 25.2 Å². The van der Waals surface area contributed by atoms with Crippen molar-refractivity contribution >= 4 is 23.2 Å². The molecule has 1 aliphatic heterocycles. The van der Waals surface area contributed by atoms with Crippen LogP contribution in [0.3, 0.4) is 0 Å². The van der Waals surface area contributed by atoms with Crippen LogP contribution in [0.25, 0.3) is 5.65 Å². The third-order valence-corrected chi connectivity index (χ3v) is 4.33. The van der Waals surface area contributed by atoms with Crippen molar-refractivity contribution in [3.63, 3.8) is 0 Å². The highest BCUT2D eigenvalue weighted by Crippen LogP contribution is 2.23. The number of fused-ring (bicyclic) bond motifs is 1. The van der Waals surface area contributed by atoms with Crippen molar-refractivity contribution in [1.82, 2.24) is 19.6 Å². The first-order valence-corrected chi connectivity index (χ1v) is 8.06. The molecule has 3 aromatic rings. The Morgan fingerprint density at radius 1 is 1.25 bits per heavy atom. The molecule has 1 N–H and O–H groups in total. The molecule has 7 heteroatoms. The zero-order valence-electron chi connectivity index (χ0n) is 13.4. The van der Waals surface area contributed by atoms with Gasteiger partial charge in [-0.1, -0.05) is 6.07 Å². The van der Waals surface area contributed by atoms with E-state index in [1.807, 2.05) is 18.2 Å². The Labute approximate surface area is 139 Å². The molecule has 0 aliphatic carbocycles. The van der Waals surface area contributed by atoms with Crippen LogP contribution in [0.5, 0.6) is 0 Å². The van der Waals surface area contributed by atoms with E-state index in [-0.39, 0.29) is 5.91 Å². The summed E-state index contributed by atoms with van der Waals surface area (Å²) in [4.78, 5) is 23.2. The van der Waals surface area contributed by atoms with E-state index in [9.17, 15) is 4.79 Å². The maximum atomic E-state index is 12.5. The number of nitrogens with one attached hydrogen (secondary N) is 1. The van der Waals surface area contributed by atoms with Gasteiger partial charge in [0, 0.05) is 18.8 Å². The minimum atomic E-state index is -0.277. The second-order valence-electron chi connectivity index (χ2n) is 5.96. The van der Waals surface area contributed by atoms with Gasteiger partial charge >= 0.3 is 0 Å². The Morgan fingerprint density at radius 2 is 2.17 bits per heavy atom. The van der Waals surface area contributed by atoms with Crippen molar-refractivity contribution < 1.29 is 4.79 Å². The van der Waals surface area contributed by atoms with Gasteiger partial charge in [0.1, 0.15) is 11.6 Å². The summed E-state index contributed by atoms with van der Waals surface area (Å²) < 4.78 is 1.60. The monoisotopic (exact) mass is 322 g/mol. The summed E-state index contributed by atoms with van der Waals surface area (Å²) >= 11 is 0. The van der Waals surface area contributed by atoms with Crippen molar-refractivity contribution in [2.24, 2.45) is 0 Å². The minimum absolute atomic E-state index is 0.277. The first-order valence-electron chi connectivity index (χ1n) is 8.06. The maximum absolute atomic E-state index is 12.5. The number of carbonyl (C=O) groups excluding carboxylic acids is 1. The molecule has 122 valence electrons. The van der Waals surface area contributed by atoms with E-state index in [2.05, 4.69) is 32.2 Å². The van der Waals surface area contributed by atoms with Crippen LogP contribution >= 0.6 is 0 Å². The molecule has 1 fully saturated rings. The Kier molecular flexibility index (Phi) is 3.60. The van der Waals surface area contributed by atoms with E-state index in [1.165, 1.54) is 6.20 Å². The number of amides is 1. The van der Waals surface area contributed by atoms with E-state index in [1.54, 1.807) is 22.8 Å². The molecule has 4 rings (SSSR count). The Hall–Kier alpha value is -2.96. The number of aromatic nitrogens is 4. The SMILES string of the molecule is CC1CCCN1c1ccc2ncc(C(=O)Nc3ccccn3)n2n1. The van der Waals surface area contributed by atoms with E-state index < -0.39 is 0 Å². The lowest BCUT2D eigenvalue weighted by molar-refractivity contribution is 0.102. The van der Waals surface area contributed by atoms with Gasteiger partial charge in [0.2, 0.25) is 0 Å². The van der Waals surface area contributed by atoms with Gasteiger partial charge in [-0.3, -0.25) is 4.79 Å². The number of nitrogens with zero attached hydrogens (tertiary/aromatic N) is 5. The molecule has 1 atom stereocenters. The molecular formula is C17H18N6O. The number of carbonyl (C=O) groups is 1. The molecule has 3 aromatic heterocycles. The first kappa shape index (κ1) is 14.6. The third kappa shape index (κ3) is 2.58. The molecule has 1 unspecified atom stereocenters. The number of hydrogen-bond acceptors (Lipinski definition) is 5. The van der Waals surface area contributed by atoms with Gasteiger partial charge in [-0.05, 0) is 44.0 Å². The van der Waals surface area contributed by atoms with E-state index in [0.29, 0.717) is 23.2 Å². The fourth-order valence-corrected chi connectivity index (χ4v) is 3.06. The van der Waals surface area contributed by atoms with Crippen molar-refractivity contribution in [3.05, 3.63) is 48.4 Å². The van der Waals surface area contributed by atoms with Gasteiger partial charge in [0.05, 0.1) is 6.20 Å². The van der Waals surface area contributed by atoms with Crippen LogP contribution in [0.2, 0.25) is 0 Å². The van der Waals surface area contributed by atoms with Crippen molar-refractivity contribution in [1.29, 1.82) is 0 Å². The van der Waals surface area contributed by atoms with Crippen LogP contribution < -0.4 is 10.2 Å². The van der Waals surface area contributed by atoms with Crippen LogP contribution in [0.4, 0.5) is 11.6 Å². The Balaban J connectivity index is 1.67. The number of hydrogen-bond donors (Lipinski definition) is 1. The zero-order valence-corrected chi connectivity index (χ0v) is 13.4. The quantitative estimate of drug-likeness (QED) is 0.801. The van der Waals surface area contributed by atoms with Crippen LogP contribution in [-0.4, -0.2) is 38.1 Å². The van der Waals surface area contributed by atoms with Gasteiger partial charge in [-0.25, -0.2) is 14.5 Å². The Morgan fingerprint density at radius 3 is 2.92 bits per heavy atom. The van der Waals surface area contributed by atoms with Crippen LogP contribution in [0.15, 0.2) is 42.7 Å². The summed E-state index contributed by atoms with van der Waals surface area (Å²) in [5.74, 6) is 1.10. The molecule has 1 aliphatic rings. The summed E-state index contributed by atoms with van der Waals surface area (Å²) in [6, 6.07) is 9.68. The minimum Gasteiger partial charge on any atom is -0.352 e. The highest BCUT2D eigenvalue weighted by Gasteiger charge is 2.23. The van der Waals surface area contributed by atoms with Gasteiger partial charge in [-0.2, -0.15) is 0 Å². The molecule has 24 heavy (non-hydrogen) atoms. The predicted molar refractivity (Wildman–Crippen MR) is 91.2 cm³/mol. The summed E-state index contributed by atoms with van der Waals surface area (Å²) in [6.45, 7) is 3.19. The number of anilines is 2. The van der Waals surface area contributed by atoms with E-state index in [4.69, 9.17) is 0 Å². The van der Waals surface area contributed by atoms with Crippen molar-refractivity contribution in [2.45, 2.75) is 25.8 Å². The number of pyridine rings is 1. The maximum Gasteiger partial charge on any atom is 0.277 e. The summed E-state index contributed by atoms with van der Waals surface area (Å²) in [5, 5.41) is 7.40. The van der Waals surface area contributed by atoms with Gasteiger partial charge in [0.25, 0.3) is 5.91 Å². The number of imidazole rings is 1. The summed E-state index contributed by atoms with van der Waals surface area (Å²) in [6.07, 6.45) is 5.50. The largest absolute Gasteiger partial charge is 0.352 e. The molecule has 1 saturated heterocycles. The van der Waals surface area contributed by atoms with Gasteiger partial charge in [-0.15, -0.1) is 5.10 Å². The van der Waals surface area contributed by atoms with Crippen LogP contribution in [0, 0.1) is 0 Å². The molecule has 7 nitrogen and oxygen atoms in total. The summed E-state index contributed by atoms with van der Waals surface area (Å²) in [7, 11) is 0. The summed E-state index contributed by atoms with van der Waals surface area (Å²) in [5.41, 5.74) is 1.04. The van der Waals surface area contributed by atoms with Gasteiger partial charge < -0.3 is 10.2 Å². The first-order chi connectivity index (χ1) is 11.7. The Bertz CT molecular complexity index is 875.